The summed E-state index contributed by atoms with van der Waals surface area (Å²) in [7, 11) is 0. The normalized spacial score (nSPS) is 12.6. The lowest BCUT2D eigenvalue weighted by Gasteiger charge is -2.22. The monoisotopic (exact) mass is 904 g/mol. The summed E-state index contributed by atoms with van der Waals surface area (Å²) in [6, 6.07) is -0.545. The Morgan fingerprint density at radius 1 is 0.422 bits per heavy atom. The summed E-state index contributed by atoms with van der Waals surface area (Å²) in [5.74, 6) is -0.0338. The maximum absolute atomic E-state index is 12.4. The average Bonchev–Trinajstić information content (AvgIpc) is 3.29. The highest BCUT2D eigenvalue weighted by Gasteiger charge is 2.20. The van der Waals surface area contributed by atoms with E-state index in [4.69, 9.17) is 4.74 Å². The summed E-state index contributed by atoms with van der Waals surface area (Å²) >= 11 is 0. The van der Waals surface area contributed by atoms with Gasteiger partial charge in [0.15, 0.2) is 0 Å². The number of hydrogen-bond donors (Lipinski definition) is 3. The van der Waals surface area contributed by atoms with Crippen molar-refractivity contribution in [2.24, 2.45) is 0 Å². The van der Waals surface area contributed by atoms with Crippen molar-refractivity contribution < 1.29 is 24.5 Å². The molecule has 1 amide bonds. The zero-order valence-corrected chi connectivity index (χ0v) is 43.3. The summed E-state index contributed by atoms with van der Waals surface area (Å²) in [4.78, 5) is 24.5. The molecule has 0 radical (unpaired) electrons. The van der Waals surface area contributed by atoms with Crippen LogP contribution in [0.25, 0.3) is 0 Å². The van der Waals surface area contributed by atoms with Crippen molar-refractivity contribution >= 4 is 11.9 Å². The van der Waals surface area contributed by atoms with E-state index in [1.165, 1.54) is 250 Å². The second kappa shape index (κ2) is 54.2. The topological polar surface area (TPSA) is 95.9 Å². The van der Waals surface area contributed by atoms with Crippen LogP contribution in [0.3, 0.4) is 0 Å². The number of rotatable bonds is 54. The molecule has 6 nitrogen and oxygen atoms in total. The first-order chi connectivity index (χ1) is 31.5. The molecular weight excluding hydrogens is 791 g/mol. The number of nitrogens with one attached hydrogen (secondary N) is 1. The van der Waals surface area contributed by atoms with Gasteiger partial charge in [-0.2, -0.15) is 0 Å². The molecule has 0 saturated heterocycles. The molecule has 2 unspecified atom stereocenters. The quantitative estimate of drug-likeness (QED) is 0.0321. The van der Waals surface area contributed by atoms with Gasteiger partial charge in [0.1, 0.15) is 0 Å². The van der Waals surface area contributed by atoms with Crippen LogP contribution in [0.5, 0.6) is 0 Å². The summed E-state index contributed by atoms with van der Waals surface area (Å²) in [5.41, 5.74) is 0. The summed E-state index contributed by atoms with van der Waals surface area (Å²) in [5, 5.41) is 23.1. The second-order valence-corrected chi connectivity index (χ2v) is 20.0. The van der Waals surface area contributed by atoms with Crippen LogP contribution in [0, 0.1) is 0 Å². The predicted octanol–water partition coefficient (Wildman–Crippen LogP) is 17.7. The van der Waals surface area contributed by atoms with Gasteiger partial charge in [-0.05, 0) is 51.4 Å². The van der Waals surface area contributed by atoms with Crippen LogP contribution >= 0.6 is 0 Å². The number of ether oxygens (including phenoxy) is 1. The smallest absolute Gasteiger partial charge is 0.305 e. The molecule has 2 atom stereocenters. The number of carbonyl (C=O) groups excluding carboxylic acids is 2. The molecule has 0 saturated carbocycles. The maximum atomic E-state index is 12.4. The molecule has 0 aromatic carbocycles. The maximum Gasteiger partial charge on any atom is 0.305 e. The minimum Gasteiger partial charge on any atom is -0.466 e. The zero-order chi connectivity index (χ0) is 46.5. The van der Waals surface area contributed by atoms with Crippen molar-refractivity contribution in [3.8, 4) is 0 Å². The number of unbranched alkanes of at least 4 members (excludes halogenated alkanes) is 41. The molecule has 0 aromatic heterocycles. The first-order valence-electron chi connectivity index (χ1n) is 28.9. The Bertz CT molecular complexity index is 955. The van der Waals surface area contributed by atoms with E-state index >= 15 is 0 Å². The molecule has 0 aliphatic heterocycles. The molecule has 0 aliphatic carbocycles. The van der Waals surface area contributed by atoms with Gasteiger partial charge in [-0.3, -0.25) is 9.59 Å². The molecule has 380 valence electrons. The third kappa shape index (κ3) is 50.0. The molecule has 6 heteroatoms. The van der Waals surface area contributed by atoms with Gasteiger partial charge >= 0.3 is 5.97 Å². The Morgan fingerprint density at radius 2 is 0.734 bits per heavy atom. The van der Waals surface area contributed by atoms with E-state index in [1.807, 2.05) is 0 Å². The van der Waals surface area contributed by atoms with Gasteiger partial charge in [0, 0.05) is 12.8 Å². The summed E-state index contributed by atoms with van der Waals surface area (Å²) < 4.78 is 5.49. The lowest BCUT2D eigenvalue weighted by molar-refractivity contribution is -0.143. The number of allylic oxidation sites excluding steroid dienone is 2. The molecule has 0 aliphatic rings. The molecular formula is C58H113NO5. The highest BCUT2D eigenvalue weighted by atomic mass is 16.5. The number of aliphatic hydroxyl groups excluding tert-OH is 2. The first-order valence-corrected chi connectivity index (χ1v) is 28.9. The number of hydrogen-bond acceptors (Lipinski definition) is 5. The summed E-state index contributed by atoms with van der Waals surface area (Å²) in [6.45, 7) is 4.95. The number of esters is 1. The van der Waals surface area contributed by atoms with E-state index in [0.717, 1.165) is 38.5 Å². The predicted molar refractivity (Wildman–Crippen MR) is 278 cm³/mol. The third-order valence-electron chi connectivity index (χ3n) is 13.6. The Labute approximate surface area is 399 Å². The van der Waals surface area contributed by atoms with Crippen LogP contribution in [0.4, 0.5) is 0 Å². The van der Waals surface area contributed by atoms with E-state index in [1.54, 1.807) is 0 Å². The SMILES string of the molecule is CCCCCCCCCCCCCCCCCCCC(=O)OCCCCCCCCCCC/C=C\CCCCCCCCCC(=O)NC(CO)C(O)CCCCCCCCCCCC. The minimum atomic E-state index is -0.667. The highest BCUT2D eigenvalue weighted by molar-refractivity contribution is 5.76. The molecule has 0 fully saturated rings. The molecule has 0 aromatic rings. The lowest BCUT2D eigenvalue weighted by Crippen LogP contribution is -2.45. The Hall–Kier alpha value is -1.40. The second-order valence-electron chi connectivity index (χ2n) is 20.0. The van der Waals surface area contributed by atoms with Crippen LogP contribution in [0.2, 0.25) is 0 Å². The van der Waals surface area contributed by atoms with Crippen LogP contribution in [-0.2, 0) is 14.3 Å². The minimum absolute atomic E-state index is 0.0104. The molecule has 3 N–H and O–H groups in total. The molecule has 0 spiro atoms. The number of amides is 1. The van der Waals surface area contributed by atoms with Crippen LogP contribution in [0.15, 0.2) is 12.2 Å². The van der Waals surface area contributed by atoms with Gasteiger partial charge in [-0.25, -0.2) is 0 Å². The number of carbonyl (C=O) groups is 2. The Balaban J connectivity index is 3.38. The van der Waals surface area contributed by atoms with Crippen LogP contribution in [0.1, 0.15) is 322 Å². The molecule has 0 rings (SSSR count). The fourth-order valence-corrected chi connectivity index (χ4v) is 9.11. The molecule has 0 heterocycles. The fourth-order valence-electron chi connectivity index (χ4n) is 9.11. The standard InChI is InChI=1S/C58H113NO5/c1-3-5-7-9-11-13-15-16-17-22-26-29-32-36-40-44-48-52-58(63)64-53-49-45-41-37-33-30-27-24-21-19-18-20-23-25-28-31-35-39-43-47-51-57(62)59-55(54-60)56(61)50-46-42-38-34-14-12-10-8-6-4-2/h18,20,55-56,60-61H,3-17,19,21-54H2,1-2H3,(H,59,62)/b20-18-. The van der Waals surface area contributed by atoms with Crippen molar-refractivity contribution in [2.75, 3.05) is 13.2 Å². The van der Waals surface area contributed by atoms with Crippen molar-refractivity contribution in [1.29, 1.82) is 0 Å². The third-order valence-corrected chi connectivity index (χ3v) is 13.6. The largest absolute Gasteiger partial charge is 0.466 e. The number of aliphatic hydroxyl groups is 2. The van der Waals surface area contributed by atoms with Gasteiger partial charge in [-0.1, -0.05) is 270 Å². The molecule has 64 heavy (non-hydrogen) atoms. The van der Waals surface area contributed by atoms with Crippen molar-refractivity contribution in [3.63, 3.8) is 0 Å². The summed E-state index contributed by atoms with van der Waals surface area (Å²) in [6.07, 6.45) is 63.5. The average molecular weight is 905 g/mol. The molecule has 0 bridgehead atoms. The van der Waals surface area contributed by atoms with Gasteiger partial charge in [0.2, 0.25) is 5.91 Å². The zero-order valence-electron chi connectivity index (χ0n) is 43.3. The highest BCUT2D eigenvalue weighted by Crippen LogP contribution is 2.17. The fraction of sp³-hybridized carbons (Fsp3) is 0.931. The van der Waals surface area contributed by atoms with Crippen molar-refractivity contribution in [1.82, 2.24) is 5.32 Å². The van der Waals surface area contributed by atoms with E-state index in [2.05, 4.69) is 31.3 Å². The first kappa shape index (κ1) is 62.6. The van der Waals surface area contributed by atoms with Gasteiger partial charge in [0.05, 0.1) is 25.4 Å². The van der Waals surface area contributed by atoms with Crippen molar-refractivity contribution in [2.45, 2.75) is 334 Å². The van der Waals surface area contributed by atoms with Crippen LogP contribution < -0.4 is 5.32 Å². The van der Waals surface area contributed by atoms with Crippen LogP contribution in [-0.4, -0.2) is 47.4 Å². The van der Waals surface area contributed by atoms with E-state index in [9.17, 15) is 19.8 Å². The lowest BCUT2D eigenvalue weighted by atomic mass is 10.0. The van der Waals surface area contributed by atoms with E-state index < -0.39 is 12.1 Å². The van der Waals surface area contributed by atoms with E-state index in [-0.39, 0.29) is 18.5 Å². The van der Waals surface area contributed by atoms with E-state index in [0.29, 0.717) is 25.9 Å². The van der Waals surface area contributed by atoms with Gasteiger partial charge < -0.3 is 20.3 Å². The Kier molecular flexibility index (Phi) is 53.0. The van der Waals surface area contributed by atoms with Gasteiger partial charge in [-0.15, -0.1) is 0 Å². The Morgan fingerprint density at radius 3 is 1.11 bits per heavy atom. The van der Waals surface area contributed by atoms with Crippen molar-refractivity contribution in [3.05, 3.63) is 12.2 Å². The van der Waals surface area contributed by atoms with Gasteiger partial charge in [0.25, 0.3) is 0 Å².